The maximum Gasteiger partial charge on any atom is 0.274 e. The molecule has 164 valence electrons. The van der Waals surface area contributed by atoms with Crippen LogP contribution in [0.1, 0.15) is 61.9 Å². The first-order chi connectivity index (χ1) is 14.6. The van der Waals surface area contributed by atoms with E-state index in [2.05, 4.69) is 10.3 Å². The van der Waals surface area contributed by atoms with Crippen molar-refractivity contribution in [3.05, 3.63) is 70.5 Å². The molecule has 0 atom stereocenters. The summed E-state index contributed by atoms with van der Waals surface area (Å²) in [6.45, 7) is 10.1. The number of anilines is 1. The van der Waals surface area contributed by atoms with Gasteiger partial charge in [0.2, 0.25) is 0 Å². The molecule has 0 saturated heterocycles. The highest BCUT2D eigenvalue weighted by Crippen LogP contribution is 2.29. The van der Waals surface area contributed by atoms with E-state index < -0.39 is 5.60 Å². The van der Waals surface area contributed by atoms with E-state index in [4.69, 9.17) is 4.74 Å². The van der Waals surface area contributed by atoms with Gasteiger partial charge in [-0.3, -0.25) is 14.9 Å². The molecule has 1 amide bonds. The molecule has 0 aliphatic rings. The predicted octanol–water partition coefficient (Wildman–Crippen LogP) is 5.04. The van der Waals surface area contributed by atoms with Crippen molar-refractivity contribution in [2.45, 2.75) is 59.3 Å². The number of nitrogens with one attached hydrogen (secondary N) is 1. The van der Waals surface area contributed by atoms with Crippen molar-refractivity contribution >= 4 is 28.2 Å². The summed E-state index contributed by atoms with van der Waals surface area (Å²) in [4.78, 5) is 28.7. The maximum atomic E-state index is 12.9. The standard InChI is InChI=1S/C24H29N3O3S/c1-16(2)30-24(4,5)21-15-31-23(25-21)26-22(29)20-7-6-12-27(20)14-19-10-8-18(9-11-19)13-17(3)28/h6-12,15-16H,13-14H2,1-5H3,(H,25,26,29). The van der Waals surface area contributed by atoms with Crippen LogP contribution in [0.4, 0.5) is 5.13 Å². The molecule has 6 nitrogen and oxygen atoms in total. The van der Waals surface area contributed by atoms with Crippen molar-refractivity contribution < 1.29 is 14.3 Å². The third kappa shape index (κ3) is 6.12. The van der Waals surface area contributed by atoms with Gasteiger partial charge in [0.1, 0.15) is 17.1 Å². The average molecular weight is 440 g/mol. The van der Waals surface area contributed by atoms with Gasteiger partial charge >= 0.3 is 0 Å². The first-order valence-corrected chi connectivity index (χ1v) is 11.2. The lowest BCUT2D eigenvalue weighted by Crippen LogP contribution is -2.26. The van der Waals surface area contributed by atoms with Crippen LogP contribution in [0.25, 0.3) is 0 Å². The molecule has 0 aliphatic carbocycles. The van der Waals surface area contributed by atoms with Crippen molar-refractivity contribution in [2.24, 2.45) is 0 Å². The SMILES string of the molecule is CC(=O)Cc1ccc(Cn2cccc2C(=O)Nc2nc(C(C)(C)OC(C)C)cs2)cc1. The summed E-state index contributed by atoms with van der Waals surface area (Å²) >= 11 is 1.39. The molecule has 2 aromatic heterocycles. The molecular weight excluding hydrogens is 410 g/mol. The second-order valence-corrected chi connectivity index (χ2v) is 9.24. The lowest BCUT2D eigenvalue weighted by atomic mass is 10.1. The van der Waals surface area contributed by atoms with Crippen molar-refractivity contribution in [1.82, 2.24) is 9.55 Å². The van der Waals surface area contributed by atoms with Crippen LogP contribution in [0, 0.1) is 0 Å². The van der Waals surface area contributed by atoms with E-state index in [0.717, 1.165) is 16.8 Å². The lowest BCUT2D eigenvalue weighted by molar-refractivity contribution is -0.116. The molecule has 31 heavy (non-hydrogen) atoms. The fraction of sp³-hybridized carbons (Fsp3) is 0.375. The molecule has 0 unspecified atom stereocenters. The largest absolute Gasteiger partial charge is 0.367 e. The Bertz CT molecular complexity index is 1050. The zero-order chi connectivity index (χ0) is 22.6. The van der Waals surface area contributed by atoms with E-state index in [9.17, 15) is 9.59 Å². The zero-order valence-corrected chi connectivity index (χ0v) is 19.5. The molecule has 3 aromatic rings. The van der Waals surface area contributed by atoms with Crippen LogP contribution in [0.5, 0.6) is 0 Å². The van der Waals surface area contributed by atoms with Crippen molar-refractivity contribution in [3.63, 3.8) is 0 Å². The smallest absolute Gasteiger partial charge is 0.274 e. The molecule has 0 spiro atoms. The van der Waals surface area contributed by atoms with Crippen molar-refractivity contribution in [1.29, 1.82) is 0 Å². The number of hydrogen-bond acceptors (Lipinski definition) is 5. The molecule has 3 rings (SSSR count). The number of hydrogen-bond donors (Lipinski definition) is 1. The van der Waals surface area contributed by atoms with E-state index in [0.29, 0.717) is 23.8 Å². The summed E-state index contributed by atoms with van der Waals surface area (Å²) < 4.78 is 7.84. The fourth-order valence-electron chi connectivity index (χ4n) is 3.42. The molecule has 0 saturated carbocycles. The van der Waals surface area contributed by atoms with Gasteiger partial charge in [0.15, 0.2) is 5.13 Å². The highest BCUT2D eigenvalue weighted by molar-refractivity contribution is 7.14. The molecule has 0 aliphatic heterocycles. The summed E-state index contributed by atoms with van der Waals surface area (Å²) in [6.07, 6.45) is 2.40. The Kier molecular flexibility index (Phi) is 7.08. The van der Waals surface area contributed by atoms with Gasteiger partial charge in [0, 0.05) is 24.5 Å². The summed E-state index contributed by atoms with van der Waals surface area (Å²) in [6, 6.07) is 11.5. The summed E-state index contributed by atoms with van der Waals surface area (Å²) in [5, 5.41) is 5.36. The van der Waals surface area contributed by atoms with Crippen LogP contribution in [-0.4, -0.2) is 27.3 Å². The molecule has 1 aromatic carbocycles. The first kappa shape index (κ1) is 22.9. The molecule has 0 bridgehead atoms. The Morgan fingerprint density at radius 2 is 1.84 bits per heavy atom. The van der Waals surface area contributed by atoms with Gasteiger partial charge in [-0.1, -0.05) is 24.3 Å². The number of rotatable bonds is 9. The molecule has 2 heterocycles. The fourth-order valence-corrected chi connectivity index (χ4v) is 4.29. The monoisotopic (exact) mass is 439 g/mol. The third-order valence-corrected chi connectivity index (χ3v) is 5.52. The number of nitrogens with zero attached hydrogens (tertiary/aromatic N) is 2. The van der Waals surface area contributed by atoms with Crippen molar-refractivity contribution in [2.75, 3.05) is 5.32 Å². The van der Waals surface area contributed by atoms with Gasteiger partial charge in [-0.25, -0.2) is 4.98 Å². The quantitative estimate of drug-likeness (QED) is 0.507. The van der Waals surface area contributed by atoms with E-state index in [1.165, 1.54) is 11.3 Å². The van der Waals surface area contributed by atoms with Gasteiger partial charge in [-0.05, 0) is 57.9 Å². The minimum atomic E-state index is -0.525. The Balaban J connectivity index is 1.68. The third-order valence-electron chi connectivity index (χ3n) is 4.76. The normalized spacial score (nSPS) is 11.7. The van der Waals surface area contributed by atoms with Crippen LogP contribution < -0.4 is 5.32 Å². The average Bonchev–Trinajstić information content (AvgIpc) is 3.32. The summed E-state index contributed by atoms with van der Waals surface area (Å²) in [5.74, 6) is -0.0664. The minimum Gasteiger partial charge on any atom is -0.367 e. The Hall–Kier alpha value is -2.77. The summed E-state index contributed by atoms with van der Waals surface area (Å²) in [5.41, 5.74) is 2.87. The van der Waals surface area contributed by atoms with Crippen LogP contribution >= 0.6 is 11.3 Å². The molecule has 1 N–H and O–H groups in total. The molecule has 0 radical (unpaired) electrons. The highest BCUT2D eigenvalue weighted by atomic mass is 32.1. The molecule has 7 heteroatoms. The summed E-state index contributed by atoms with van der Waals surface area (Å²) in [7, 11) is 0. The Morgan fingerprint density at radius 3 is 2.48 bits per heavy atom. The van der Waals surface area contributed by atoms with Gasteiger partial charge < -0.3 is 9.30 Å². The number of aromatic nitrogens is 2. The van der Waals surface area contributed by atoms with E-state index >= 15 is 0 Å². The van der Waals surface area contributed by atoms with Crippen LogP contribution in [0.15, 0.2) is 48.0 Å². The maximum absolute atomic E-state index is 12.9. The number of Topliss-reactive ketones (excluding diaryl/α,β-unsaturated/α-hetero) is 1. The Morgan fingerprint density at radius 1 is 1.16 bits per heavy atom. The topological polar surface area (TPSA) is 73.2 Å². The number of carbonyl (C=O) groups is 2. The number of carbonyl (C=O) groups excluding carboxylic acids is 2. The number of ketones is 1. The van der Waals surface area contributed by atoms with Crippen LogP contribution in [0.3, 0.4) is 0 Å². The second kappa shape index (κ2) is 9.58. The van der Waals surface area contributed by atoms with E-state index in [-0.39, 0.29) is 17.8 Å². The Labute approximate surface area is 187 Å². The second-order valence-electron chi connectivity index (χ2n) is 8.39. The number of thiazole rings is 1. The minimum absolute atomic E-state index is 0.0783. The molecular formula is C24H29N3O3S. The van der Waals surface area contributed by atoms with Crippen LogP contribution in [0.2, 0.25) is 0 Å². The van der Waals surface area contributed by atoms with E-state index in [1.807, 2.05) is 74.2 Å². The number of amides is 1. The van der Waals surface area contributed by atoms with Gasteiger partial charge in [-0.15, -0.1) is 11.3 Å². The lowest BCUT2D eigenvalue weighted by Gasteiger charge is -2.25. The number of ether oxygens (including phenoxy) is 1. The van der Waals surface area contributed by atoms with Gasteiger partial charge in [0.05, 0.1) is 11.8 Å². The van der Waals surface area contributed by atoms with Gasteiger partial charge in [0.25, 0.3) is 5.91 Å². The van der Waals surface area contributed by atoms with Crippen LogP contribution in [-0.2, 0) is 28.1 Å². The highest BCUT2D eigenvalue weighted by Gasteiger charge is 2.26. The van der Waals surface area contributed by atoms with E-state index in [1.54, 1.807) is 13.0 Å². The first-order valence-electron chi connectivity index (χ1n) is 10.3. The predicted molar refractivity (Wildman–Crippen MR) is 124 cm³/mol. The zero-order valence-electron chi connectivity index (χ0n) is 18.6. The molecule has 0 fully saturated rings. The van der Waals surface area contributed by atoms with Gasteiger partial charge in [-0.2, -0.15) is 0 Å². The number of benzene rings is 1. The van der Waals surface area contributed by atoms with Crippen molar-refractivity contribution in [3.8, 4) is 0 Å².